The molecule has 0 saturated carbocycles. The molecular formula is C26H26N2O2S. The molecule has 0 unspecified atom stereocenters. The molecule has 31 heavy (non-hydrogen) atoms. The minimum atomic E-state index is -0.466. The number of hydrogen-bond acceptors (Lipinski definition) is 4. The Labute approximate surface area is 189 Å². The number of allylic oxidation sites excluding steroid dienone is 1. The Kier molecular flexibility index (Phi) is 7.96. The number of hydrogen-bond donors (Lipinski definition) is 2. The van der Waals surface area contributed by atoms with E-state index in [-0.39, 0.29) is 6.61 Å². The molecule has 0 spiro atoms. The van der Waals surface area contributed by atoms with Crippen LogP contribution < -0.4 is 10.6 Å². The van der Waals surface area contributed by atoms with Gasteiger partial charge in [0, 0.05) is 17.9 Å². The standard InChI is InChI=1S/C26H26N2O2S/c1-19-13-15-23(16-14-19)28-25(31)24(20(2)27-17-21-9-5-3-6-10-21)26(29)30-18-22-11-7-4-8-12-22/h3-16,27H,17-18H2,1-2H3,(H,28,31). The smallest absolute Gasteiger partial charge is 0.343 e. The highest BCUT2D eigenvalue weighted by atomic mass is 32.1. The van der Waals surface area contributed by atoms with E-state index in [2.05, 4.69) is 10.6 Å². The first kappa shape index (κ1) is 22.2. The van der Waals surface area contributed by atoms with E-state index in [1.807, 2.05) is 98.8 Å². The summed E-state index contributed by atoms with van der Waals surface area (Å²) in [7, 11) is 0. The third kappa shape index (κ3) is 6.79. The van der Waals surface area contributed by atoms with Crippen LogP contribution in [0.25, 0.3) is 0 Å². The lowest BCUT2D eigenvalue weighted by Gasteiger charge is -2.16. The average molecular weight is 431 g/mol. The maximum atomic E-state index is 13.0. The number of rotatable bonds is 8. The van der Waals surface area contributed by atoms with Crippen LogP contribution in [-0.4, -0.2) is 11.0 Å². The molecule has 3 aromatic rings. The van der Waals surface area contributed by atoms with E-state index in [4.69, 9.17) is 17.0 Å². The fourth-order valence-electron chi connectivity index (χ4n) is 2.96. The third-order valence-corrected chi connectivity index (χ3v) is 5.04. The molecule has 2 N–H and O–H groups in total. The largest absolute Gasteiger partial charge is 0.457 e. The Morgan fingerprint density at radius 2 is 1.45 bits per heavy atom. The van der Waals surface area contributed by atoms with Gasteiger partial charge < -0.3 is 15.4 Å². The molecule has 0 fully saturated rings. The SMILES string of the molecule is CC(NCc1ccccc1)=C(C(=O)OCc1ccccc1)C(=S)Nc1ccc(C)cc1. The molecule has 158 valence electrons. The maximum absolute atomic E-state index is 13.0. The summed E-state index contributed by atoms with van der Waals surface area (Å²) in [5, 5.41) is 6.47. The van der Waals surface area contributed by atoms with E-state index in [1.54, 1.807) is 0 Å². The lowest BCUT2D eigenvalue weighted by molar-refractivity contribution is -0.139. The molecule has 0 atom stereocenters. The summed E-state index contributed by atoms with van der Waals surface area (Å²) in [5.74, 6) is -0.466. The van der Waals surface area contributed by atoms with Crippen LogP contribution in [0, 0.1) is 6.92 Å². The van der Waals surface area contributed by atoms with Crippen LogP contribution in [0.4, 0.5) is 5.69 Å². The van der Waals surface area contributed by atoms with E-state index in [0.717, 1.165) is 22.4 Å². The van der Waals surface area contributed by atoms with Gasteiger partial charge in [-0.3, -0.25) is 0 Å². The van der Waals surface area contributed by atoms with Crippen LogP contribution in [0.5, 0.6) is 0 Å². The highest BCUT2D eigenvalue weighted by Gasteiger charge is 2.20. The van der Waals surface area contributed by atoms with Gasteiger partial charge in [-0.1, -0.05) is 90.6 Å². The fraction of sp³-hybridized carbons (Fsp3) is 0.154. The number of thiocarbonyl (C=S) groups is 1. The second kappa shape index (κ2) is 11.1. The lowest BCUT2D eigenvalue weighted by atomic mass is 10.1. The van der Waals surface area contributed by atoms with Gasteiger partial charge in [-0.15, -0.1) is 0 Å². The summed E-state index contributed by atoms with van der Waals surface area (Å²) in [4.78, 5) is 13.3. The quantitative estimate of drug-likeness (QED) is 0.279. The number of carbonyl (C=O) groups is 1. The topological polar surface area (TPSA) is 50.4 Å². The van der Waals surface area contributed by atoms with Crippen molar-refractivity contribution in [3.8, 4) is 0 Å². The Hall–Kier alpha value is -3.44. The predicted octanol–water partition coefficient (Wildman–Crippen LogP) is 5.54. The Morgan fingerprint density at radius 1 is 0.871 bits per heavy atom. The van der Waals surface area contributed by atoms with E-state index in [1.165, 1.54) is 0 Å². The highest BCUT2D eigenvalue weighted by molar-refractivity contribution is 7.81. The molecule has 4 nitrogen and oxygen atoms in total. The van der Waals surface area contributed by atoms with Crippen molar-refractivity contribution in [3.63, 3.8) is 0 Å². The van der Waals surface area contributed by atoms with E-state index in [9.17, 15) is 4.79 Å². The van der Waals surface area contributed by atoms with E-state index >= 15 is 0 Å². The van der Waals surface area contributed by atoms with Crippen molar-refractivity contribution >= 4 is 28.9 Å². The van der Waals surface area contributed by atoms with Gasteiger partial charge in [-0.25, -0.2) is 4.79 Å². The lowest BCUT2D eigenvalue weighted by Crippen LogP contribution is -2.26. The second-order valence-electron chi connectivity index (χ2n) is 7.22. The first-order valence-corrected chi connectivity index (χ1v) is 10.5. The van der Waals surface area contributed by atoms with Crippen molar-refractivity contribution in [2.45, 2.75) is 27.0 Å². The second-order valence-corrected chi connectivity index (χ2v) is 7.63. The summed E-state index contributed by atoms with van der Waals surface area (Å²) >= 11 is 5.59. The minimum absolute atomic E-state index is 0.183. The molecule has 0 aliphatic carbocycles. The monoisotopic (exact) mass is 430 g/mol. The summed E-state index contributed by atoms with van der Waals surface area (Å²) < 4.78 is 5.58. The van der Waals surface area contributed by atoms with Gasteiger partial charge in [0.05, 0.1) is 0 Å². The number of benzene rings is 3. The van der Waals surface area contributed by atoms with Crippen LogP contribution in [0.1, 0.15) is 23.6 Å². The van der Waals surface area contributed by atoms with Gasteiger partial charge in [-0.2, -0.15) is 0 Å². The van der Waals surface area contributed by atoms with Crippen LogP contribution in [0.3, 0.4) is 0 Å². The molecule has 3 rings (SSSR count). The molecule has 3 aromatic carbocycles. The first-order valence-electron chi connectivity index (χ1n) is 10.1. The molecular weight excluding hydrogens is 404 g/mol. The van der Waals surface area contributed by atoms with Crippen molar-refractivity contribution in [3.05, 3.63) is 113 Å². The number of nitrogens with one attached hydrogen (secondary N) is 2. The zero-order chi connectivity index (χ0) is 22.1. The van der Waals surface area contributed by atoms with Crippen LogP contribution in [0.2, 0.25) is 0 Å². The molecule has 0 amide bonds. The van der Waals surface area contributed by atoms with Crippen molar-refractivity contribution < 1.29 is 9.53 Å². The van der Waals surface area contributed by atoms with Crippen molar-refractivity contribution in [1.29, 1.82) is 0 Å². The van der Waals surface area contributed by atoms with Gasteiger partial charge >= 0.3 is 5.97 Å². The predicted molar refractivity (Wildman–Crippen MR) is 130 cm³/mol. The molecule has 5 heteroatoms. The van der Waals surface area contributed by atoms with Crippen LogP contribution >= 0.6 is 12.2 Å². The molecule has 0 bridgehead atoms. The van der Waals surface area contributed by atoms with Gasteiger partial charge in [0.1, 0.15) is 17.2 Å². The van der Waals surface area contributed by atoms with E-state index in [0.29, 0.717) is 22.8 Å². The zero-order valence-electron chi connectivity index (χ0n) is 17.7. The van der Waals surface area contributed by atoms with Crippen molar-refractivity contribution in [2.75, 3.05) is 5.32 Å². The van der Waals surface area contributed by atoms with Crippen molar-refractivity contribution in [2.24, 2.45) is 0 Å². The normalized spacial score (nSPS) is 11.3. The summed E-state index contributed by atoms with van der Waals surface area (Å²) in [5.41, 5.74) is 4.97. The van der Waals surface area contributed by atoms with Crippen LogP contribution in [-0.2, 0) is 22.7 Å². The molecule has 0 aliphatic heterocycles. The fourth-order valence-corrected chi connectivity index (χ4v) is 3.32. The third-order valence-electron chi connectivity index (χ3n) is 4.73. The highest BCUT2D eigenvalue weighted by Crippen LogP contribution is 2.15. The summed E-state index contributed by atoms with van der Waals surface area (Å²) in [6.07, 6.45) is 0. The summed E-state index contributed by atoms with van der Waals surface area (Å²) in [6.45, 7) is 4.62. The first-order chi connectivity index (χ1) is 15.0. The number of ether oxygens (including phenoxy) is 1. The molecule has 0 radical (unpaired) electrons. The Balaban J connectivity index is 1.78. The molecule has 0 saturated heterocycles. The maximum Gasteiger partial charge on any atom is 0.343 e. The van der Waals surface area contributed by atoms with E-state index < -0.39 is 5.97 Å². The van der Waals surface area contributed by atoms with Gasteiger partial charge in [-0.05, 0) is 37.1 Å². The Bertz CT molecular complexity index is 1050. The average Bonchev–Trinajstić information content (AvgIpc) is 2.79. The number of esters is 1. The van der Waals surface area contributed by atoms with Crippen LogP contribution in [0.15, 0.2) is 96.2 Å². The zero-order valence-corrected chi connectivity index (χ0v) is 18.5. The Morgan fingerprint density at radius 3 is 2.06 bits per heavy atom. The molecule has 0 aromatic heterocycles. The van der Waals surface area contributed by atoms with Crippen molar-refractivity contribution in [1.82, 2.24) is 5.32 Å². The van der Waals surface area contributed by atoms with Gasteiger partial charge in [0.2, 0.25) is 0 Å². The minimum Gasteiger partial charge on any atom is -0.457 e. The van der Waals surface area contributed by atoms with Gasteiger partial charge in [0.15, 0.2) is 0 Å². The van der Waals surface area contributed by atoms with Gasteiger partial charge in [0.25, 0.3) is 0 Å². The number of aryl methyl sites for hydroxylation is 1. The number of anilines is 1. The summed E-state index contributed by atoms with van der Waals surface area (Å²) in [6, 6.07) is 27.4. The number of carbonyl (C=O) groups excluding carboxylic acids is 1. The molecule has 0 aliphatic rings. The molecule has 0 heterocycles.